The first-order chi connectivity index (χ1) is 14.5. The molecule has 4 aromatic rings. The van der Waals surface area contributed by atoms with E-state index in [2.05, 4.69) is 10.4 Å². The standard InChI is InChI=1S/C23H21N3O4/c1-15-20(16(2)26(25-15)18-6-4-3-5-7-18)13-24-22(27)14-29-19-10-8-17-9-11-23(28)30-21(17)12-19/h3-12H,13-14H2,1-2H3,(H,24,27). The number of aryl methyl sites for hydroxylation is 1. The molecule has 1 amide bonds. The third kappa shape index (κ3) is 4.10. The molecule has 0 unspecified atom stereocenters. The van der Waals surface area contributed by atoms with Crippen molar-refractivity contribution in [1.82, 2.24) is 15.1 Å². The fraction of sp³-hybridized carbons (Fsp3) is 0.174. The molecule has 7 heteroatoms. The van der Waals surface area contributed by atoms with Crippen LogP contribution in [0.5, 0.6) is 5.75 Å². The predicted molar refractivity (Wildman–Crippen MR) is 113 cm³/mol. The summed E-state index contributed by atoms with van der Waals surface area (Å²) in [7, 11) is 0. The number of fused-ring (bicyclic) bond motifs is 1. The molecule has 152 valence electrons. The molecule has 7 nitrogen and oxygen atoms in total. The molecule has 2 aromatic carbocycles. The Hall–Kier alpha value is -3.87. The molecule has 0 aliphatic rings. The Balaban J connectivity index is 1.38. The van der Waals surface area contributed by atoms with Gasteiger partial charge in [0.1, 0.15) is 11.3 Å². The van der Waals surface area contributed by atoms with Gasteiger partial charge in [0.25, 0.3) is 5.91 Å². The summed E-state index contributed by atoms with van der Waals surface area (Å²) in [5, 5.41) is 8.24. The maximum absolute atomic E-state index is 12.3. The summed E-state index contributed by atoms with van der Waals surface area (Å²) in [4.78, 5) is 23.6. The molecular weight excluding hydrogens is 382 g/mol. The normalized spacial score (nSPS) is 10.9. The number of aromatic nitrogens is 2. The molecular formula is C23H21N3O4. The monoisotopic (exact) mass is 403 g/mol. The van der Waals surface area contributed by atoms with E-state index in [4.69, 9.17) is 9.15 Å². The van der Waals surface area contributed by atoms with E-state index in [1.165, 1.54) is 6.07 Å². The highest BCUT2D eigenvalue weighted by atomic mass is 16.5. The number of hydrogen-bond donors (Lipinski definition) is 1. The van der Waals surface area contributed by atoms with E-state index in [0.717, 1.165) is 28.0 Å². The van der Waals surface area contributed by atoms with E-state index >= 15 is 0 Å². The Kier molecular flexibility index (Phi) is 5.34. The van der Waals surface area contributed by atoms with Gasteiger partial charge in [-0.3, -0.25) is 4.79 Å². The van der Waals surface area contributed by atoms with Crippen molar-refractivity contribution in [3.63, 3.8) is 0 Å². The van der Waals surface area contributed by atoms with Crippen LogP contribution in [0.1, 0.15) is 17.0 Å². The van der Waals surface area contributed by atoms with Crippen LogP contribution >= 0.6 is 0 Å². The zero-order chi connectivity index (χ0) is 21.1. The average molecular weight is 403 g/mol. The van der Waals surface area contributed by atoms with Crippen LogP contribution in [-0.2, 0) is 11.3 Å². The van der Waals surface area contributed by atoms with Crippen LogP contribution in [0, 0.1) is 13.8 Å². The van der Waals surface area contributed by atoms with Crippen molar-refractivity contribution in [3.8, 4) is 11.4 Å². The smallest absolute Gasteiger partial charge is 0.336 e. The summed E-state index contributed by atoms with van der Waals surface area (Å²) >= 11 is 0. The number of ether oxygens (including phenoxy) is 1. The summed E-state index contributed by atoms with van der Waals surface area (Å²) in [5.74, 6) is 0.201. The zero-order valence-corrected chi connectivity index (χ0v) is 16.7. The second-order valence-electron chi connectivity index (χ2n) is 6.92. The van der Waals surface area contributed by atoms with Gasteiger partial charge in [-0.15, -0.1) is 0 Å². The molecule has 0 saturated heterocycles. The average Bonchev–Trinajstić information content (AvgIpc) is 3.04. The lowest BCUT2D eigenvalue weighted by Crippen LogP contribution is -2.28. The first-order valence-electron chi connectivity index (χ1n) is 9.55. The van der Waals surface area contributed by atoms with E-state index in [0.29, 0.717) is 17.9 Å². The molecule has 0 fully saturated rings. The topological polar surface area (TPSA) is 86.4 Å². The first kappa shape index (κ1) is 19.4. The van der Waals surface area contributed by atoms with Crippen molar-refractivity contribution < 1.29 is 13.9 Å². The number of nitrogens with zero attached hydrogens (tertiary/aromatic N) is 2. The van der Waals surface area contributed by atoms with E-state index in [1.54, 1.807) is 24.3 Å². The SMILES string of the molecule is Cc1nn(-c2ccccc2)c(C)c1CNC(=O)COc1ccc2ccc(=O)oc2c1. The molecule has 2 heterocycles. The molecule has 30 heavy (non-hydrogen) atoms. The van der Waals surface area contributed by atoms with Gasteiger partial charge in [-0.1, -0.05) is 18.2 Å². The quantitative estimate of drug-likeness (QED) is 0.499. The fourth-order valence-corrected chi connectivity index (χ4v) is 3.27. The zero-order valence-electron chi connectivity index (χ0n) is 16.7. The van der Waals surface area contributed by atoms with E-state index in [9.17, 15) is 9.59 Å². The van der Waals surface area contributed by atoms with Crippen LogP contribution in [0.25, 0.3) is 16.7 Å². The van der Waals surface area contributed by atoms with Gasteiger partial charge < -0.3 is 14.5 Å². The van der Waals surface area contributed by atoms with Crippen molar-refractivity contribution in [2.45, 2.75) is 20.4 Å². The van der Waals surface area contributed by atoms with Crippen molar-refractivity contribution >= 4 is 16.9 Å². The van der Waals surface area contributed by atoms with Gasteiger partial charge >= 0.3 is 5.63 Å². The van der Waals surface area contributed by atoms with Gasteiger partial charge in [-0.25, -0.2) is 9.48 Å². The van der Waals surface area contributed by atoms with Gasteiger partial charge in [0.2, 0.25) is 0 Å². The summed E-state index contributed by atoms with van der Waals surface area (Å²) in [6.45, 7) is 4.12. The van der Waals surface area contributed by atoms with E-state index < -0.39 is 5.63 Å². The number of benzene rings is 2. The Bertz CT molecular complexity index is 1260. The van der Waals surface area contributed by atoms with Gasteiger partial charge in [0.05, 0.1) is 11.4 Å². The third-order valence-electron chi connectivity index (χ3n) is 4.87. The number of nitrogens with one attached hydrogen (secondary N) is 1. The van der Waals surface area contributed by atoms with Crippen molar-refractivity contribution in [2.75, 3.05) is 6.61 Å². The van der Waals surface area contributed by atoms with Gasteiger partial charge in [-0.05, 0) is 44.2 Å². The summed E-state index contributed by atoms with van der Waals surface area (Å²) in [5.41, 5.74) is 3.77. The van der Waals surface area contributed by atoms with Crippen LogP contribution in [0.2, 0.25) is 0 Å². The second-order valence-corrected chi connectivity index (χ2v) is 6.92. The fourth-order valence-electron chi connectivity index (χ4n) is 3.27. The summed E-state index contributed by atoms with van der Waals surface area (Å²) in [6.07, 6.45) is 0. The first-order valence-corrected chi connectivity index (χ1v) is 9.55. The molecule has 0 saturated carbocycles. The Labute approximate surface area is 172 Å². The number of carbonyl (C=O) groups is 1. The highest BCUT2D eigenvalue weighted by molar-refractivity contribution is 5.79. The van der Waals surface area contributed by atoms with Gasteiger partial charge in [-0.2, -0.15) is 5.10 Å². The van der Waals surface area contributed by atoms with Crippen LogP contribution in [-0.4, -0.2) is 22.3 Å². The number of para-hydroxylation sites is 1. The minimum absolute atomic E-state index is 0.145. The van der Waals surface area contributed by atoms with Crippen LogP contribution in [0.4, 0.5) is 0 Å². The molecule has 0 atom stereocenters. The molecule has 0 bridgehead atoms. The second kappa shape index (κ2) is 8.24. The van der Waals surface area contributed by atoms with Crippen LogP contribution in [0.15, 0.2) is 69.9 Å². The molecule has 0 aliphatic carbocycles. The number of carbonyl (C=O) groups excluding carboxylic acids is 1. The molecule has 0 radical (unpaired) electrons. The number of amides is 1. The lowest BCUT2D eigenvalue weighted by atomic mass is 10.2. The number of rotatable bonds is 6. The molecule has 1 N–H and O–H groups in total. The Morgan fingerprint density at radius 1 is 1.10 bits per heavy atom. The van der Waals surface area contributed by atoms with Crippen molar-refractivity contribution in [3.05, 3.63) is 88.0 Å². The van der Waals surface area contributed by atoms with Gasteiger partial charge in [0, 0.05) is 35.3 Å². The molecule has 2 aromatic heterocycles. The predicted octanol–water partition coefficient (Wildman–Crippen LogP) is 3.29. The van der Waals surface area contributed by atoms with E-state index in [-0.39, 0.29) is 12.5 Å². The van der Waals surface area contributed by atoms with Gasteiger partial charge in [0.15, 0.2) is 6.61 Å². The third-order valence-corrected chi connectivity index (χ3v) is 4.87. The lowest BCUT2D eigenvalue weighted by molar-refractivity contribution is -0.123. The number of hydrogen-bond acceptors (Lipinski definition) is 5. The van der Waals surface area contributed by atoms with E-state index in [1.807, 2.05) is 48.9 Å². The summed E-state index contributed by atoms with van der Waals surface area (Å²) < 4.78 is 12.5. The maximum Gasteiger partial charge on any atom is 0.336 e. The molecule has 0 aliphatic heterocycles. The highest BCUT2D eigenvalue weighted by Gasteiger charge is 2.14. The summed E-state index contributed by atoms with van der Waals surface area (Å²) in [6, 6.07) is 18.0. The van der Waals surface area contributed by atoms with Crippen molar-refractivity contribution in [2.24, 2.45) is 0 Å². The van der Waals surface area contributed by atoms with Crippen molar-refractivity contribution in [1.29, 1.82) is 0 Å². The van der Waals surface area contributed by atoms with Crippen LogP contribution < -0.4 is 15.7 Å². The maximum atomic E-state index is 12.3. The van der Waals surface area contributed by atoms with Crippen LogP contribution in [0.3, 0.4) is 0 Å². The molecule has 4 rings (SSSR count). The Morgan fingerprint density at radius 3 is 2.67 bits per heavy atom. The Morgan fingerprint density at radius 2 is 1.87 bits per heavy atom. The minimum atomic E-state index is -0.431. The minimum Gasteiger partial charge on any atom is -0.484 e. The highest BCUT2D eigenvalue weighted by Crippen LogP contribution is 2.20. The lowest BCUT2D eigenvalue weighted by Gasteiger charge is -2.09. The molecule has 0 spiro atoms. The largest absolute Gasteiger partial charge is 0.484 e.